The molecule has 0 bridgehead atoms. The third-order valence-corrected chi connectivity index (χ3v) is 5.65. The van der Waals surface area contributed by atoms with E-state index in [1.807, 2.05) is 0 Å². The summed E-state index contributed by atoms with van der Waals surface area (Å²) >= 11 is 0. The maximum atomic E-state index is 2.50. The van der Waals surface area contributed by atoms with E-state index in [2.05, 4.69) is 109 Å². The third-order valence-electron chi connectivity index (χ3n) is 5.65. The lowest BCUT2D eigenvalue weighted by Crippen LogP contribution is -2.33. The van der Waals surface area contributed by atoms with Crippen molar-refractivity contribution in [1.82, 2.24) is 4.90 Å². The average molecular weight is 369 g/mol. The van der Waals surface area contributed by atoms with E-state index < -0.39 is 0 Å². The fourth-order valence-corrected chi connectivity index (χ4v) is 4.04. The van der Waals surface area contributed by atoms with Crippen molar-refractivity contribution in [2.24, 2.45) is 0 Å². The number of fused-ring (bicyclic) bond motifs is 2. The summed E-state index contributed by atoms with van der Waals surface area (Å²) in [6.07, 6.45) is 0. The van der Waals surface area contributed by atoms with E-state index in [0.717, 1.165) is 26.2 Å². The summed E-state index contributed by atoms with van der Waals surface area (Å²) in [5.41, 5.74) is 2.56. The molecule has 0 spiro atoms. The van der Waals surface area contributed by atoms with Crippen LogP contribution in [0.3, 0.4) is 0 Å². The van der Waals surface area contributed by atoms with E-state index in [4.69, 9.17) is 0 Å². The Morgan fingerprint density at radius 3 is 1.50 bits per heavy atom. The van der Waals surface area contributed by atoms with E-state index in [0.29, 0.717) is 0 Å². The van der Waals surface area contributed by atoms with Crippen LogP contribution in [0.2, 0.25) is 0 Å². The molecule has 2 heteroatoms. The number of anilines is 2. The van der Waals surface area contributed by atoms with Crippen molar-refractivity contribution < 1.29 is 0 Å². The smallest absolute Gasteiger partial charge is 0.0491 e. The van der Waals surface area contributed by atoms with Crippen LogP contribution in [0.15, 0.2) is 84.9 Å². The van der Waals surface area contributed by atoms with Gasteiger partial charge in [0.15, 0.2) is 0 Å². The SMILES string of the molecule is CCN(CC)CCN(c1cccc2ccccc12)c1cccc2ccccc12. The summed E-state index contributed by atoms with van der Waals surface area (Å²) < 4.78 is 0. The summed E-state index contributed by atoms with van der Waals surface area (Å²) in [5, 5.41) is 5.18. The van der Waals surface area contributed by atoms with Crippen LogP contribution in [-0.4, -0.2) is 31.1 Å². The molecule has 0 radical (unpaired) electrons. The first-order valence-corrected chi connectivity index (χ1v) is 10.3. The number of nitrogens with zero attached hydrogens (tertiary/aromatic N) is 2. The van der Waals surface area contributed by atoms with Gasteiger partial charge in [0.2, 0.25) is 0 Å². The zero-order valence-electron chi connectivity index (χ0n) is 16.8. The predicted octanol–water partition coefficient (Wildman–Crippen LogP) is 6.47. The van der Waals surface area contributed by atoms with Crippen molar-refractivity contribution >= 4 is 32.9 Å². The van der Waals surface area contributed by atoms with Gasteiger partial charge in [-0.2, -0.15) is 0 Å². The van der Waals surface area contributed by atoms with Gasteiger partial charge < -0.3 is 9.80 Å². The minimum absolute atomic E-state index is 0.962. The second-order valence-electron chi connectivity index (χ2n) is 7.18. The molecule has 0 aliphatic rings. The Balaban J connectivity index is 1.86. The first-order valence-electron chi connectivity index (χ1n) is 10.3. The zero-order chi connectivity index (χ0) is 19.3. The van der Waals surface area contributed by atoms with Gasteiger partial charge in [-0.3, -0.25) is 0 Å². The van der Waals surface area contributed by atoms with Crippen LogP contribution in [0.5, 0.6) is 0 Å². The highest BCUT2D eigenvalue weighted by Gasteiger charge is 2.15. The molecule has 0 heterocycles. The molecule has 4 aromatic rings. The molecule has 4 aromatic carbocycles. The lowest BCUT2D eigenvalue weighted by molar-refractivity contribution is 0.312. The monoisotopic (exact) mass is 368 g/mol. The second kappa shape index (κ2) is 8.45. The topological polar surface area (TPSA) is 6.48 Å². The molecule has 0 fully saturated rings. The fraction of sp³-hybridized carbons (Fsp3) is 0.231. The molecule has 0 saturated heterocycles. The molecule has 0 atom stereocenters. The van der Waals surface area contributed by atoms with Crippen LogP contribution in [0.1, 0.15) is 13.8 Å². The summed E-state index contributed by atoms with van der Waals surface area (Å²) in [4.78, 5) is 4.99. The molecule has 0 N–H and O–H groups in total. The van der Waals surface area contributed by atoms with Gasteiger partial charge in [0, 0.05) is 35.2 Å². The quantitative estimate of drug-likeness (QED) is 0.369. The number of hydrogen-bond acceptors (Lipinski definition) is 2. The molecule has 0 aromatic heterocycles. The van der Waals surface area contributed by atoms with Crippen LogP contribution in [0.4, 0.5) is 11.4 Å². The highest BCUT2D eigenvalue weighted by Crippen LogP contribution is 2.36. The first kappa shape index (κ1) is 18.5. The molecule has 0 amide bonds. The number of benzene rings is 4. The second-order valence-corrected chi connectivity index (χ2v) is 7.18. The van der Waals surface area contributed by atoms with Crippen molar-refractivity contribution in [1.29, 1.82) is 0 Å². The largest absolute Gasteiger partial charge is 0.339 e. The van der Waals surface area contributed by atoms with Crippen molar-refractivity contribution in [3.63, 3.8) is 0 Å². The number of hydrogen-bond donors (Lipinski definition) is 0. The minimum Gasteiger partial charge on any atom is -0.339 e. The van der Waals surface area contributed by atoms with Gasteiger partial charge in [0.05, 0.1) is 0 Å². The maximum absolute atomic E-state index is 2.50. The molecule has 0 aliphatic carbocycles. The normalized spacial score (nSPS) is 11.4. The Morgan fingerprint density at radius 1 is 0.536 bits per heavy atom. The highest BCUT2D eigenvalue weighted by molar-refractivity contribution is 6.01. The Kier molecular flexibility index (Phi) is 5.59. The third kappa shape index (κ3) is 3.61. The molecular weight excluding hydrogens is 340 g/mol. The molecule has 0 unspecified atom stereocenters. The predicted molar refractivity (Wildman–Crippen MR) is 123 cm³/mol. The summed E-state index contributed by atoms with van der Waals surface area (Å²) in [7, 11) is 0. The standard InChI is InChI=1S/C26H28N2/c1-3-27(4-2)19-20-28(25-17-9-13-21-11-5-7-15-23(21)25)26-18-10-14-22-12-6-8-16-24(22)26/h5-18H,3-4,19-20H2,1-2H3. The van der Waals surface area contributed by atoms with E-state index in [1.54, 1.807) is 0 Å². The molecule has 0 saturated carbocycles. The molecule has 4 rings (SSSR count). The van der Waals surface area contributed by atoms with Gasteiger partial charge in [0.25, 0.3) is 0 Å². The van der Waals surface area contributed by atoms with Gasteiger partial charge in [-0.05, 0) is 36.0 Å². The van der Waals surface area contributed by atoms with Crippen molar-refractivity contribution in [3.8, 4) is 0 Å². The van der Waals surface area contributed by atoms with Gasteiger partial charge in [-0.25, -0.2) is 0 Å². The van der Waals surface area contributed by atoms with Crippen LogP contribution >= 0.6 is 0 Å². The highest BCUT2D eigenvalue weighted by atomic mass is 15.2. The molecule has 0 aliphatic heterocycles. The van der Waals surface area contributed by atoms with Gasteiger partial charge in [-0.1, -0.05) is 86.6 Å². The van der Waals surface area contributed by atoms with Gasteiger partial charge >= 0.3 is 0 Å². The van der Waals surface area contributed by atoms with E-state index in [9.17, 15) is 0 Å². The van der Waals surface area contributed by atoms with Crippen LogP contribution < -0.4 is 4.90 Å². The lowest BCUT2D eigenvalue weighted by Gasteiger charge is -2.30. The molecule has 2 nitrogen and oxygen atoms in total. The summed E-state index contributed by atoms with van der Waals surface area (Å²) in [6, 6.07) is 30.6. The van der Waals surface area contributed by atoms with Crippen molar-refractivity contribution in [3.05, 3.63) is 84.9 Å². The van der Waals surface area contributed by atoms with E-state index in [-0.39, 0.29) is 0 Å². The maximum Gasteiger partial charge on any atom is 0.0491 e. The summed E-state index contributed by atoms with van der Waals surface area (Å²) in [6.45, 7) is 8.64. The number of rotatable bonds is 7. The van der Waals surface area contributed by atoms with Crippen molar-refractivity contribution in [2.75, 3.05) is 31.1 Å². The fourth-order valence-electron chi connectivity index (χ4n) is 4.04. The summed E-state index contributed by atoms with van der Waals surface area (Å²) in [5.74, 6) is 0. The van der Waals surface area contributed by atoms with Crippen LogP contribution in [0, 0.1) is 0 Å². The van der Waals surface area contributed by atoms with Crippen molar-refractivity contribution in [2.45, 2.75) is 13.8 Å². The Hall–Kier alpha value is -2.84. The minimum atomic E-state index is 0.962. The Morgan fingerprint density at radius 2 is 1.00 bits per heavy atom. The number of likely N-dealkylation sites (N-methyl/N-ethyl adjacent to an activating group) is 1. The zero-order valence-corrected chi connectivity index (χ0v) is 16.8. The Bertz CT molecular complexity index is 976. The molecule has 142 valence electrons. The molecular formula is C26H28N2. The van der Waals surface area contributed by atoms with Gasteiger partial charge in [-0.15, -0.1) is 0 Å². The van der Waals surface area contributed by atoms with E-state index in [1.165, 1.54) is 32.9 Å². The van der Waals surface area contributed by atoms with Gasteiger partial charge in [0.1, 0.15) is 0 Å². The average Bonchev–Trinajstić information content (AvgIpc) is 2.76. The lowest BCUT2D eigenvalue weighted by atomic mass is 10.0. The molecule has 28 heavy (non-hydrogen) atoms. The Labute approximate surface area is 168 Å². The first-order chi connectivity index (χ1) is 13.8. The van der Waals surface area contributed by atoms with Crippen LogP contribution in [0.25, 0.3) is 21.5 Å². The van der Waals surface area contributed by atoms with Crippen LogP contribution in [-0.2, 0) is 0 Å². The van der Waals surface area contributed by atoms with E-state index >= 15 is 0 Å².